The van der Waals surface area contributed by atoms with Gasteiger partial charge in [-0.25, -0.2) is 4.79 Å². The Kier molecular flexibility index (Phi) is 7.91. The first-order valence-corrected chi connectivity index (χ1v) is 8.17. The highest BCUT2D eigenvalue weighted by Gasteiger charge is 2.26. The van der Waals surface area contributed by atoms with Gasteiger partial charge in [-0.2, -0.15) is 0 Å². The van der Waals surface area contributed by atoms with E-state index < -0.39 is 12.0 Å². The number of rotatable bonds is 9. The highest BCUT2D eigenvalue weighted by Crippen LogP contribution is 2.23. The number of methoxy groups -OCH3 is 1. The molecule has 0 spiro atoms. The van der Waals surface area contributed by atoms with Crippen molar-refractivity contribution in [3.8, 4) is 5.75 Å². The average Bonchev–Trinajstić information content (AvgIpc) is 2.57. The van der Waals surface area contributed by atoms with Gasteiger partial charge in [0.15, 0.2) is 0 Å². The number of carboxylic acid groups (broad SMARTS) is 1. The van der Waals surface area contributed by atoms with Gasteiger partial charge in [-0.3, -0.25) is 9.59 Å². The molecule has 0 radical (unpaired) electrons. The summed E-state index contributed by atoms with van der Waals surface area (Å²) in [5.74, 6) is -0.889. The van der Waals surface area contributed by atoms with Crippen LogP contribution in [0.15, 0.2) is 24.3 Å². The lowest BCUT2D eigenvalue weighted by molar-refractivity contribution is -0.149. The lowest BCUT2D eigenvalue weighted by atomic mass is 9.97. The van der Waals surface area contributed by atoms with Crippen LogP contribution in [0.5, 0.6) is 5.75 Å². The number of ether oxygens (including phenoxy) is 1. The first-order valence-electron chi connectivity index (χ1n) is 8.17. The molecule has 0 saturated carbocycles. The topological polar surface area (TPSA) is 95.9 Å². The second kappa shape index (κ2) is 9.66. The summed E-state index contributed by atoms with van der Waals surface area (Å²) < 4.78 is 5.11. The Morgan fingerprint density at radius 3 is 2.28 bits per heavy atom. The smallest absolute Gasteiger partial charge is 0.326 e. The van der Waals surface area contributed by atoms with Crippen LogP contribution in [0.4, 0.5) is 0 Å². The van der Waals surface area contributed by atoms with E-state index in [4.69, 9.17) is 4.74 Å². The third-order valence-corrected chi connectivity index (χ3v) is 4.04. The second-order valence-corrected chi connectivity index (χ2v) is 5.96. The van der Waals surface area contributed by atoms with Crippen LogP contribution in [0, 0.1) is 0 Å². The van der Waals surface area contributed by atoms with Crippen molar-refractivity contribution in [2.45, 2.75) is 39.2 Å². The summed E-state index contributed by atoms with van der Waals surface area (Å²) >= 11 is 0. The molecule has 0 aliphatic carbocycles. The predicted octanol–water partition coefficient (Wildman–Crippen LogP) is 1.63. The summed E-state index contributed by atoms with van der Waals surface area (Å²) in [4.78, 5) is 36.1. The summed E-state index contributed by atoms with van der Waals surface area (Å²) in [6.45, 7) is 5.12. The van der Waals surface area contributed by atoms with Crippen LogP contribution < -0.4 is 10.1 Å². The van der Waals surface area contributed by atoms with E-state index in [1.807, 2.05) is 31.2 Å². The van der Waals surface area contributed by atoms with E-state index in [-0.39, 0.29) is 37.2 Å². The van der Waals surface area contributed by atoms with Crippen LogP contribution in [0.3, 0.4) is 0 Å². The molecule has 2 unspecified atom stereocenters. The lowest BCUT2D eigenvalue weighted by Gasteiger charge is -2.28. The monoisotopic (exact) mass is 350 g/mol. The molecule has 0 aliphatic heterocycles. The van der Waals surface area contributed by atoms with Crippen molar-refractivity contribution in [2.75, 3.05) is 20.2 Å². The number of carboxylic acids is 1. The Balaban J connectivity index is 2.77. The molecular formula is C18H26N2O5. The third-order valence-electron chi connectivity index (χ3n) is 4.04. The number of aliphatic carboxylic acids is 1. The van der Waals surface area contributed by atoms with E-state index in [0.29, 0.717) is 0 Å². The van der Waals surface area contributed by atoms with Crippen molar-refractivity contribution in [3.63, 3.8) is 0 Å². The third kappa shape index (κ3) is 6.45. The largest absolute Gasteiger partial charge is 0.497 e. The molecule has 0 heterocycles. The van der Waals surface area contributed by atoms with Gasteiger partial charge < -0.3 is 20.1 Å². The SMILES string of the molecule is COc1ccc(C(C)CC(=O)N(CCNC(C)=O)C(C)C(=O)O)cc1. The maximum atomic E-state index is 12.6. The molecule has 1 aromatic carbocycles. The molecule has 0 fully saturated rings. The summed E-state index contributed by atoms with van der Waals surface area (Å²) in [6.07, 6.45) is 0.185. The Morgan fingerprint density at radius 1 is 1.20 bits per heavy atom. The molecule has 2 atom stereocenters. The molecule has 2 N–H and O–H groups in total. The zero-order valence-corrected chi connectivity index (χ0v) is 15.1. The first kappa shape index (κ1) is 20.5. The minimum Gasteiger partial charge on any atom is -0.497 e. The minimum absolute atomic E-state index is 0.0670. The van der Waals surface area contributed by atoms with Crippen LogP contribution in [0.25, 0.3) is 0 Å². The van der Waals surface area contributed by atoms with Crippen molar-refractivity contribution in [1.29, 1.82) is 0 Å². The quantitative estimate of drug-likeness (QED) is 0.706. The van der Waals surface area contributed by atoms with Gasteiger partial charge in [0.1, 0.15) is 11.8 Å². The van der Waals surface area contributed by atoms with Crippen LogP contribution in [0.2, 0.25) is 0 Å². The Bertz CT molecular complexity index is 600. The average molecular weight is 350 g/mol. The number of hydrogen-bond donors (Lipinski definition) is 2. The number of nitrogens with zero attached hydrogens (tertiary/aromatic N) is 1. The van der Waals surface area contributed by atoms with Gasteiger partial charge in [0, 0.05) is 26.4 Å². The van der Waals surface area contributed by atoms with Crippen molar-refractivity contribution >= 4 is 17.8 Å². The van der Waals surface area contributed by atoms with Crippen LogP contribution in [-0.4, -0.2) is 54.0 Å². The van der Waals surface area contributed by atoms with Crippen molar-refractivity contribution in [1.82, 2.24) is 10.2 Å². The van der Waals surface area contributed by atoms with Gasteiger partial charge in [0.2, 0.25) is 11.8 Å². The maximum Gasteiger partial charge on any atom is 0.326 e. The van der Waals surface area contributed by atoms with E-state index in [2.05, 4.69) is 5.32 Å². The maximum absolute atomic E-state index is 12.6. The fourth-order valence-electron chi connectivity index (χ4n) is 2.45. The van der Waals surface area contributed by atoms with Gasteiger partial charge in [-0.15, -0.1) is 0 Å². The molecule has 0 bridgehead atoms. The van der Waals surface area contributed by atoms with Crippen LogP contribution in [-0.2, 0) is 14.4 Å². The fourth-order valence-corrected chi connectivity index (χ4v) is 2.45. The number of carbonyl (C=O) groups excluding carboxylic acids is 2. The van der Waals surface area contributed by atoms with Crippen LogP contribution >= 0.6 is 0 Å². The second-order valence-electron chi connectivity index (χ2n) is 5.96. The standard InChI is InChI=1S/C18H26N2O5/c1-12(15-5-7-16(25-4)8-6-15)11-17(22)20(13(2)18(23)24)10-9-19-14(3)21/h5-8,12-13H,9-11H2,1-4H3,(H,19,21)(H,23,24). The first-order chi connectivity index (χ1) is 11.8. The number of carbonyl (C=O) groups is 3. The van der Waals surface area contributed by atoms with Gasteiger partial charge in [-0.1, -0.05) is 19.1 Å². The summed E-state index contributed by atoms with van der Waals surface area (Å²) in [5.41, 5.74) is 0.971. The molecule has 7 heteroatoms. The zero-order chi connectivity index (χ0) is 19.0. The van der Waals surface area contributed by atoms with Crippen LogP contribution in [0.1, 0.15) is 38.7 Å². The summed E-state index contributed by atoms with van der Waals surface area (Å²) in [6, 6.07) is 6.47. The highest BCUT2D eigenvalue weighted by molar-refractivity contribution is 5.84. The molecule has 7 nitrogen and oxygen atoms in total. The molecule has 0 aromatic heterocycles. The van der Waals surface area contributed by atoms with Crippen molar-refractivity contribution < 1.29 is 24.2 Å². The number of hydrogen-bond acceptors (Lipinski definition) is 4. The zero-order valence-electron chi connectivity index (χ0n) is 15.1. The van der Waals surface area contributed by atoms with E-state index in [0.717, 1.165) is 11.3 Å². The Hall–Kier alpha value is -2.57. The molecule has 0 saturated heterocycles. The Labute approximate surface area is 148 Å². The van der Waals surface area contributed by atoms with Gasteiger partial charge in [0.05, 0.1) is 7.11 Å². The van der Waals surface area contributed by atoms with Gasteiger partial charge >= 0.3 is 5.97 Å². The molecule has 1 aromatic rings. The molecule has 1 rings (SSSR count). The summed E-state index contributed by atoms with van der Waals surface area (Å²) in [7, 11) is 1.59. The van der Waals surface area contributed by atoms with E-state index >= 15 is 0 Å². The number of nitrogens with one attached hydrogen (secondary N) is 1. The minimum atomic E-state index is -1.08. The van der Waals surface area contributed by atoms with E-state index in [9.17, 15) is 19.5 Å². The van der Waals surface area contributed by atoms with E-state index in [1.54, 1.807) is 7.11 Å². The van der Waals surface area contributed by atoms with Gasteiger partial charge in [0.25, 0.3) is 0 Å². The lowest BCUT2D eigenvalue weighted by Crippen LogP contribution is -2.47. The fraction of sp³-hybridized carbons (Fsp3) is 0.500. The predicted molar refractivity (Wildman–Crippen MR) is 93.5 cm³/mol. The Morgan fingerprint density at radius 2 is 1.80 bits per heavy atom. The van der Waals surface area contributed by atoms with Crippen molar-refractivity contribution in [3.05, 3.63) is 29.8 Å². The number of benzene rings is 1. The molecule has 138 valence electrons. The van der Waals surface area contributed by atoms with Crippen molar-refractivity contribution in [2.24, 2.45) is 0 Å². The number of amides is 2. The molecular weight excluding hydrogens is 324 g/mol. The van der Waals surface area contributed by atoms with Gasteiger partial charge in [-0.05, 0) is 30.5 Å². The normalized spacial score (nSPS) is 12.8. The molecule has 2 amide bonds. The summed E-state index contributed by atoms with van der Waals surface area (Å²) in [5, 5.41) is 11.8. The molecule has 0 aliphatic rings. The molecule has 25 heavy (non-hydrogen) atoms. The highest BCUT2D eigenvalue weighted by atomic mass is 16.5. The van der Waals surface area contributed by atoms with E-state index in [1.165, 1.54) is 18.7 Å².